The second-order valence-corrected chi connectivity index (χ2v) is 7.89. The van der Waals surface area contributed by atoms with E-state index in [1.807, 2.05) is 36.4 Å². The molecular weight excluding hydrogens is 306 g/mol. The molecule has 2 aromatic rings. The monoisotopic (exact) mass is 333 g/mol. The average molecular weight is 333 g/mol. The molecule has 1 N–H and O–H groups in total. The standard InChI is InChI=1S/C23H27NO/c1-16(21-15-17-12-13-20(21)14-17)24-23(25)22(18-8-4-2-5-9-18)19-10-6-3-7-11-19/h2-11,16-17,20-22H,12-15H2,1H3,(H,24,25). The van der Waals surface area contributed by atoms with Gasteiger partial charge in [-0.15, -0.1) is 0 Å². The lowest BCUT2D eigenvalue weighted by atomic mass is 9.83. The first-order valence-electron chi connectivity index (χ1n) is 9.62. The van der Waals surface area contributed by atoms with E-state index in [1.54, 1.807) is 0 Å². The molecule has 4 unspecified atom stereocenters. The van der Waals surface area contributed by atoms with Gasteiger partial charge in [0.05, 0.1) is 5.92 Å². The minimum Gasteiger partial charge on any atom is -0.353 e. The molecule has 4 rings (SSSR count). The molecule has 0 aliphatic heterocycles. The number of nitrogens with one attached hydrogen (secondary N) is 1. The van der Waals surface area contributed by atoms with Crippen LogP contribution in [0.2, 0.25) is 0 Å². The Kier molecular flexibility index (Phi) is 4.61. The first-order chi connectivity index (χ1) is 12.2. The zero-order valence-electron chi connectivity index (χ0n) is 14.9. The van der Waals surface area contributed by atoms with E-state index in [4.69, 9.17) is 0 Å². The van der Waals surface area contributed by atoms with E-state index >= 15 is 0 Å². The Balaban J connectivity index is 1.54. The number of benzene rings is 2. The third-order valence-electron chi connectivity index (χ3n) is 6.33. The van der Waals surface area contributed by atoms with Crippen molar-refractivity contribution in [2.24, 2.45) is 17.8 Å². The van der Waals surface area contributed by atoms with E-state index in [0.717, 1.165) is 23.0 Å². The van der Waals surface area contributed by atoms with Crippen molar-refractivity contribution in [3.63, 3.8) is 0 Å². The highest BCUT2D eigenvalue weighted by molar-refractivity contribution is 5.87. The van der Waals surface area contributed by atoms with Gasteiger partial charge in [-0.05, 0) is 55.1 Å². The van der Waals surface area contributed by atoms with Gasteiger partial charge >= 0.3 is 0 Å². The van der Waals surface area contributed by atoms with Crippen LogP contribution in [0.5, 0.6) is 0 Å². The van der Waals surface area contributed by atoms with Crippen LogP contribution in [-0.2, 0) is 4.79 Å². The number of carbonyl (C=O) groups is 1. The van der Waals surface area contributed by atoms with E-state index in [1.165, 1.54) is 25.7 Å². The van der Waals surface area contributed by atoms with Gasteiger partial charge in [0.1, 0.15) is 0 Å². The molecule has 2 fully saturated rings. The maximum atomic E-state index is 13.2. The maximum Gasteiger partial charge on any atom is 0.232 e. The fourth-order valence-corrected chi connectivity index (χ4v) is 5.11. The number of hydrogen-bond donors (Lipinski definition) is 1. The van der Waals surface area contributed by atoms with Crippen LogP contribution in [0, 0.1) is 17.8 Å². The van der Waals surface area contributed by atoms with Gasteiger partial charge in [0.25, 0.3) is 0 Å². The first-order valence-corrected chi connectivity index (χ1v) is 9.62. The van der Waals surface area contributed by atoms with Crippen molar-refractivity contribution < 1.29 is 4.79 Å². The molecule has 4 atom stereocenters. The van der Waals surface area contributed by atoms with Gasteiger partial charge in [0.15, 0.2) is 0 Å². The molecule has 2 aliphatic carbocycles. The quantitative estimate of drug-likeness (QED) is 0.840. The summed E-state index contributed by atoms with van der Waals surface area (Å²) in [4.78, 5) is 13.2. The van der Waals surface area contributed by atoms with Crippen LogP contribution in [0.4, 0.5) is 0 Å². The Hall–Kier alpha value is -2.09. The highest BCUT2D eigenvalue weighted by Gasteiger charge is 2.42. The normalized spacial score (nSPS) is 25.9. The molecule has 0 spiro atoms. The van der Waals surface area contributed by atoms with E-state index in [0.29, 0.717) is 5.92 Å². The Morgan fingerprint density at radius 3 is 2.00 bits per heavy atom. The van der Waals surface area contributed by atoms with Crippen molar-refractivity contribution in [2.75, 3.05) is 0 Å². The van der Waals surface area contributed by atoms with Gasteiger partial charge in [0.2, 0.25) is 5.91 Å². The molecule has 2 aliphatic rings. The van der Waals surface area contributed by atoms with E-state index in [2.05, 4.69) is 36.5 Å². The van der Waals surface area contributed by atoms with E-state index in [-0.39, 0.29) is 17.9 Å². The highest BCUT2D eigenvalue weighted by Crippen LogP contribution is 2.49. The van der Waals surface area contributed by atoms with Crippen LogP contribution in [0.15, 0.2) is 60.7 Å². The van der Waals surface area contributed by atoms with Gasteiger partial charge in [-0.25, -0.2) is 0 Å². The molecule has 2 nitrogen and oxygen atoms in total. The maximum absolute atomic E-state index is 13.2. The lowest BCUT2D eigenvalue weighted by Crippen LogP contribution is -2.42. The second-order valence-electron chi connectivity index (χ2n) is 7.89. The molecule has 130 valence electrons. The minimum absolute atomic E-state index is 0.132. The molecule has 2 bridgehead atoms. The van der Waals surface area contributed by atoms with Crippen molar-refractivity contribution in [1.29, 1.82) is 0 Å². The van der Waals surface area contributed by atoms with Crippen LogP contribution < -0.4 is 5.32 Å². The fourth-order valence-electron chi connectivity index (χ4n) is 5.11. The van der Waals surface area contributed by atoms with Crippen LogP contribution >= 0.6 is 0 Å². The Morgan fingerprint density at radius 2 is 1.52 bits per heavy atom. The molecule has 2 saturated carbocycles. The zero-order chi connectivity index (χ0) is 17.2. The van der Waals surface area contributed by atoms with Crippen molar-refractivity contribution in [2.45, 2.75) is 44.6 Å². The lowest BCUT2D eigenvalue weighted by Gasteiger charge is -2.30. The molecule has 0 aromatic heterocycles. The molecule has 2 heteroatoms. The van der Waals surface area contributed by atoms with Gasteiger partial charge in [-0.3, -0.25) is 4.79 Å². The van der Waals surface area contributed by atoms with Crippen LogP contribution in [-0.4, -0.2) is 11.9 Å². The number of carbonyl (C=O) groups excluding carboxylic acids is 1. The smallest absolute Gasteiger partial charge is 0.232 e. The topological polar surface area (TPSA) is 29.1 Å². The summed E-state index contributed by atoms with van der Waals surface area (Å²) in [7, 11) is 0. The van der Waals surface area contributed by atoms with Crippen LogP contribution in [0.3, 0.4) is 0 Å². The van der Waals surface area contributed by atoms with E-state index in [9.17, 15) is 4.79 Å². The summed E-state index contributed by atoms with van der Waals surface area (Å²) < 4.78 is 0. The van der Waals surface area contributed by atoms with Gasteiger partial charge in [-0.1, -0.05) is 67.1 Å². The first kappa shape index (κ1) is 16.4. The number of hydrogen-bond acceptors (Lipinski definition) is 1. The molecule has 0 radical (unpaired) electrons. The average Bonchev–Trinajstić information content (AvgIpc) is 3.27. The van der Waals surface area contributed by atoms with Crippen LogP contribution in [0.1, 0.15) is 49.7 Å². The summed E-state index contributed by atoms with van der Waals surface area (Å²) in [5.41, 5.74) is 2.12. The molecule has 0 saturated heterocycles. The molecule has 25 heavy (non-hydrogen) atoms. The van der Waals surface area contributed by atoms with E-state index < -0.39 is 0 Å². The number of rotatable bonds is 5. The molecule has 0 heterocycles. The van der Waals surface area contributed by atoms with Crippen molar-refractivity contribution in [3.8, 4) is 0 Å². The number of fused-ring (bicyclic) bond motifs is 2. The second kappa shape index (κ2) is 7.03. The number of amides is 1. The lowest BCUT2D eigenvalue weighted by molar-refractivity contribution is -0.122. The third-order valence-corrected chi connectivity index (χ3v) is 6.33. The molecule has 2 aromatic carbocycles. The largest absolute Gasteiger partial charge is 0.353 e. The van der Waals surface area contributed by atoms with Crippen molar-refractivity contribution in [3.05, 3.63) is 71.8 Å². The van der Waals surface area contributed by atoms with Crippen LogP contribution in [0.25, 0.3) is 0 Å². The van der Waals surface area contributed by atoms with Gasteiger partial charge in [-0.2, -0.15) is 0 Å². The fraction of sp³-hybridized carbons (Fsp3) is 0.435. The minimum atomic E-state index is -0.233. The Bertz CT molecular complexity index is 672. The Morgan fingerprint density at radius 1 is 0.920 bits per heavy atom. The summed E-state index contributed by atoms with van der Waals surface area (Å²) >= 11 is 0. The SMILES string of the molecule is CC(NC(=O)C(c1ccccc1)c1ccccc1)C1CC2CCC1C2. The van der Waals surface area contributed by atoms with Gasteiger partial charge < -0.3 is 5.32 Å². The summed E-state index contributed by atoms with van der Waals surface area (Å²) in [5.74, 6) is 2.30. The predicted octanol–water partition coefficient (Wildman–Crippen LogP) is 4.76. The summed E-state index contributed by atoms with van der Waals surface area (Å²) in [6.07, 6.45) is 5.44. The summed E-state index contributed by atoms with van der Waals surface area (Å²) in [6.45, 7) is 2.20. The molecule has 1 amide bonds. The Labute approximate surface area is 150 Å². The predicted molar refractivity (Wildman–Crippen MR) is 101 cm³/mol. The van der Waals surface area contributed by atoms with Crippen molar-refractivity contribution >= 4 is 5.91 Å². The third kappa shape index (κ3) is 3.35. The molecular formula is C23H27NO. The summed E-state index contributed by atoms with van der Waals surface area (Å²) in [6, 6.07) is 20.5. The summed E-state index contributed by atoms with van der Waals surface area (Å²) in [5, 5.41) is 3.36. The van der Waals surface area contributed by atoms with Crippen molar-refractivity contribution in [1.82, 2.24) is 5.32 Å². The zero-order valence-corrected chi connectivity index (χ0v) is 14.9. The highest BCUT2D eigenvalue weighted by atomic mass is 16.1. The van der Waals surface area contributed by atoms with Gasteiger partial charge in [0, 0.05) is 6.04 Å².